The Balaban J connectivity index is 2.07. The van der Waals surface area contributed by atoms with Gasteiger partial charge in [-0.2, -0.15) is 4.98 Å². The molecule has 0 aliphatic rings. The molecule has 2 rings (SSSR count). The number of carbonyl (C=O) groups excluding carboxylic acids is 1. The van der Waals surface area contributed by atoms with E-state index in [0.717, 1.165) is 0 Å². The summed E-state index contributed by atoms with van der Waals surface area (Å²) in [6.07, 6.45) is 0. The Morgan fingerprint density at radius 2 is 2.35 bits per heavy atom. The molecule has 0 aliphatic carbocycles. The lowest BCUT2D eigenvalue weighted by atomic mass is 10.1. The number of nitrogens with zero attached hydrogens (tertiary/aromatic N) is 2. The van der Waals surface area contributed by atoms with Crippen LogP contribution in [0.15, 0.2) is 23.4 Å². The molecular weight excluding hydrogens is 283 g/mol. The van der Waals surface area contributed by atoms with Crippen molar-refractivity contribution in [2.45, 2.75) is 12.1 Å². The highest BCUT2D eigenvalue weighted by molar-refractivity contribution is 7.99. The first-order chi connectivity index (χ1) is 9.60. The number of benzene rings is 1. The monoisotopic (exact) mass is 296 g/mol. The summed E-state index contributed by atoms with van der Waals surface area (Å²) in [5.41, 5.74) is 0.907. The maximum atomic E-state index is 13.1. The molecule has 1 heterocycles. The summed E-state index contributed by atoms with van der Waals surface area (Å²) in [5, 5.41) is 18.1. The van der Waals surface area contributed by atoms with Gasteiger partial charge in [0.1, 0.15) is 5.82 Å². The third-order valence-electron chi connectivity index (χ3n) is 2.46. The van der Waals surface area contributed by atoms with Crippen molar-refractivity contribution in [1.29, 1.82) is 0 Å². The van der Waals surface area contributed by atoms with E-state index >= 15 is 0 Å². The molecule has 0 radical (unpaired) electrons. The van der Waals surface area contributed by atoms with E-state index < -0.39 is 11.7 Å². The van der Waals surface area contributed by atoms with E-state index in [2.05, 4.69) is 20.5 Å². The number of H-pyrrole nitrogens is 1. The highest BCUT2D eigenvalue weighted by Gasteiger charge is 2.12. The van der Waals surface area contributed by atoms with Crippen molar-refractivity contribution in [2.24, 2.45) is 0 Å². The Hall–Kier alpha value is -1.93. The van der Waals surface area contributed by atoms with Gasteiger partial charge in [-0.15, -0.1) is 5.10 Å². The summed E-state index contributed by atoms with van der Waals surface area (Å²) < 4.78 is 13.1. The topological polar surface area (TPSA) is 90.9 Å². The van der Waals surface area contributed by atoms with Gasteiger partial charge in [-0.3, -0.25) is 10.1 Å². The molecule has 0 fully saturated rings. The molecule has 0 spiro atoms. The van der Waals surface area contributed by atoms with Gasteiger partial charge < -0.3 is 5.11 Å². The van der Waals surface area contributed by atoms with E-state index in [1.54, 1.807) is 6.92 Å². The van der Waals surface area contributed by atoms with Crippen LogP contribution in [0.3, 0.4) is 0 Å². The van der Waals surface area contributed by atoms with E-state index in [1.807, 2.05) is 0 Å². The first kappa shape index (κ1) is 14.5. The summed E-state index contributed by atoms with van der Waals surface area (Å²) in [6, 6.07) is 4.00. The molecule has 0 atom stereocenters. The van der Waals surface area contributed by atoms with Crippen molar-refractivity contribution < 1.29 is 14.3 Å². The summed E-state index contributed by atoms with van der Waals surface area (Å²) in [7, 11) is 0. The summed E-state index contributed by atoms with van der Waals surface area (Å²) in [6.45, 7) is 1.74. The third kappa shape index (κ3) is 3.55. The summed E-state index contributed by atoms with van der Waals surface area (Å²) >= 11 is 1.25. The van der Waals surface area contributed by atoms with Gasteiger partial charge in [0.15, 0.2) is 0 Å². The molecular formula is C12H13FN4O2S. The molecule has 6 nitrogen and oxygen atoms in total. The molecule has 0 bridgehead atoms. The molecule has 2 aromatic rings. The maximum absolute atomic E-state index is 13.1. The van der Waals surface area contributed by atoms with Gasteiger partial charge in [0.25, 0.3) is 5.91 Å². The Kier molecular flexibility index (Phi) is 4.70. The number of rotatable bonds is 5. The molecule has 0 unspecified atom stereocenters. The zero-order valence-corrected chi connectivity index (χ0v) is 11.5. The van der Waals surface area contributed by atoms with Gasteiger partial charge in [-0.05, 0) is 24.6 Å². The number of carbonyl (C=O) groups is 1. The van der Waals surface area contributed by atoms with Crippen LogP contribution in [-0.4, -0.2) is 38.6 Å². The molecule has 8 heteroatoms. The van der Waals surface area contributed by atoms with Crippen molar-refractivity contribution in [3.63, 3.8) is 0 Å². The first-order valence-electron chi connectivity index (χ1n) is 5.83. The van der Waals surface area contributed by atoms with E-state index in [4.69, 9.17) is 5.11 Å². The Labute approximate surface area is 118 Å². The molecule has 3 N–H and O–H groups in total. The van der Waals surface area contributed by atoms with Crippen molar-refractivity contribution in [3.8, 4) is 0 Å². The number of halogens is 1. The van der Waals surface area contributed by atoms with Crippen LogP contribution in [0.5, 0.6) is 0 Å². The third-order valence-corrected chi connectivity index (χ3v) is 3.29. The fraction of sp³-hybridized carbons (Fsp3) is 0.250. The van der Waals surface area contributed by atoms with Crippen molar-refractivity contribution in [3.05, 3.63) is 35.1 Å². The van der Waals surface area contributed by atoms with Crippen LogP contribution in [0.4, 0.5) is 10.3 Å². The SMILES string of the molecule is Cc1ccc(F)cc1C(=O)Nc1nc(SCCO)n[nH]1. The number of thioether (sulfide) groups is 1. The Bertz CT molecular complexity index is 617. The average Bonchev–Trinajstić information content (AvgIpc) is 2.86. The second-order valence-electron chi connectivity index (χ2n) is 3.95. The zero-order chi connectivity index (χ0) is 14.5. The fourth-order valence-electron chi connectivity index (χ4n) is 1.52. The van der Waals surface area contributed by atoms with Crippen LogP contribution in [0.2, 0.25) is 0 Å². The van der Waals surface area contributed by atoms with Gasteiger partial charge in [0, 0.05) is 11.3 Å². The Morgan fingerprint density at radius 1 is 1.55 bits per heavy atom. The molecule has 1 aromatic carbocycles. The molecule has 1 aromatic heterocycles. The fourth-order valence-corrected chi connectivity index (χ4v) is 2.06. The van der Waals surface area contributed by atoms with Crippen LogP contribution in [0.25, 0.3) is 0 Å². The number of aryl methyl sites for hydroxylation is 1. The van der Waals surface area contributed by atoms with Gasteiger partial charge in [0.2, 0.25) is 11.1 Å². The number of hydrogen-bond acceptors (Lipinski definition) is 5. The zero-order valence-electron chi connectivity index (χ0n) is 10.7. The minimum Gasteiger partial charge on any atom is -0.396 e. The van der Waals surface area contributed by atoms with Crippen molar-refractivity contribution >= 4 is 23.6 Å². The van der Waals surface area contributed by atoms with E-state index in [1.165, 1.54) is 30.0 Å². The van der Waals surface area contributed by atoms with Gasteiger partial charge in [0.05, 0.1) is 6.61 Å². The van der Waals surface area contributed by atoms with Gasteiger partial charge in [-0.1, -0.05) is 17.8 Å². The number of amides is 1. The number of aliphatic hydroxyl groups excluding tert-OH is 1. The van der Waals surface area contributed by atoms with Gasteiger partial charge in [-0.25, -0.2) is 9.49 Å². The van der Waals surface area contributed by atoms with Crippen LogP contribution in [0, 0.1) is 12.7 Å². The lowest BCUT2D eigenvalue weighted by molar-refractivity contribution is 0.102. The van der Waals surface area contributed by atoms with Gasteiger partial charge >= 0.3 is 0 Å². The largest absolute Gasteiger partial charge is 0.396 e. The Morgan fingerprint density at radius 3 is 3.10 bits per heavy atom. The minimum atomic E-state index is -0.475. The van der Waals surface area contributed by atoms with Crippen molar-refractivity contribution in [2.75, 3.05) is 17.7 Å². The minimum absolute atomic E-state index is 0.0172. The van der Waals surface area contributed by atoms with E-state index in [-0.39, 0.29) is 18.1 Å². The molecule has 0 saturated carbocycles. The quantitative estimate of drug-likeness (QED) is 0.729. The number of aromatic amines is 1. The first-order valence-corrected chi connectivity index (χ1v) is 6.82. The van der Waals surface area contributed by atoms with Crippen LogP contribution in [0.1, 0.15) is 15.9 Å². The standard InChI is InChI=1S/C12H13FN4O2S/c1-7-2-3-8(13)6-9(7)10(19)14-11-15-12(17-16-11)20-5-4-18/h2-3,6,18H,4-5H2,1H3,(H2,14,15,16,17,19). The van der Waals surface area contributed by atoms with Crippen LogP contribution < -0.4 is 5.32 Å². The highest BCUT2D eigenvalue weighted by atomic mass is 32.2. The molecule has 20 heavy (non-hydrogen) atoms. The normalized spacial score (nSPS) is 10.6. The van der Waals surface area contributed by atoms with E-state index in [0.29, 0.717) is 16.5 Å². The number of aromatic nitrogens is 3. The van der Waals surface area contributed by atoms with E-state index in [9.17, 15) is 9.18 Å². The van der Waals surface area contributed by atoms with Crippen molar-refractivity contribution in [1.82, 2.24) is 15.2 Å². The number of nitrogens with one attached hydrogen (secondary N) is 2. The average molecular weight is 296 g/mol. The highest BCUT2D eigenvalue weighted by Crippen LogP contribution is 2.15. The summed E-state index contributed by atoms with van der Waals surface area (Å²) in [5.74, 6) is -0.290. The smallest absolute Gasteiger partial charge is 0.258 e. The maximum Gasteiger partial charge on any atom is 0.258 e. The number of hydrogen-bond donors (Lipinski definition) is 3. The van der Waals surface area contributed by atoms with Crippen LogP contribution >= 0.6 is 11.8 Å². The molecule has 0 aliphatic heterocycles. The van der Waals surface area contributed by atoms with Crippen LogP contribution in [-0.2, 0) is 0 Å². The lowest BCUT2D eigenvalue weighted by Gasteiger charge is -2.04. The second kappa shape index (κ2) is 6.49. The lowest BCUT2D eigenvalue weighted by Crippen LogP contribution is -2.14. The predicted molar refractivity (Wildman–Crippen MR) is 73.3 cm³/mol. The predicted octanol–water partition coefficient (Wildman–Crippen LogP) is 1.59. The summed E-state index contributed by atoms with van der Waals surface area (Å²) in [4.78, 5) is 16.0. The molecule has 1 amide bonds. The second-order valence-corrected chi connectivity index (χ2v) is 5.01. The molecule has 106 valence electrons. The number of anilines is 1. The number of aliphatic hydroxyl groups is 1. The molecule has 0 saturated heterocycles.